The van der Waals surface area contributed by atoms with Crippen molar-refractivity contribution in [3.8, 4) is 0 Å². The molecule has 3 heterocycles. The second-order valence-electron chi connectivity index (χ2n) is 11.7. The van der Waals surface area contributed by atoms with Crippen molar-refractivity contribution in [3.63, 3.8) is 0 Å². The molecular weight excluding hydrogens is 675 g/mol. The number of fused-ring (bicyclic) bond motifs is 1. The minimum absolute atomic E-state index is 0.00978. The van der Waals surface area contributed by atoms with Gasteiger partial charge in [-0.2, -0.15) is 0 Å². The van der Waals surface area contributed by atoms with Gasteiger partial charge in [0.05, 0.1) is 6.61 Å². The van der Waals surface area contributed by atoms with Crippen molar-refractivity contribution in [3.05, 3.63) is 94.1 Å². The van der Waals surface area contributed by atoms with Gasteiger partial charge in [-0.1, -0.05) is 65.8 Å². The molecular formula is C33H33N5O9S2. The number of carbonyl (C=O) groups excluding carboxylic acids is 5. The van der Waals surface area contributed by atoms with E-state index in [-0.39, 0.29) is 28.0 Å². The first-order valence-corrected chi connectivity index (χ1v) is 16.9. The van der Waals surface area contributed by atoms with E-state index in [1.165, 1.54) is 22.0 Å². The Bertz CT molecular complexity index is 1730. The van der Waals surface area contributed by atoms with Crippen LogP contribution in [0.25, 0.3) is 0 Å². The molecule has 14 nitrogen and oxygen atoms in total. The number of oxime groups is 1. The third-order valence-corrected chi connectivity index (χ3v) is 9.16. The fraction of sp³-hybridized carbons (Fsp3) is 0.303. The lowest BCUT2D eigenvalue weighted by molar-refractivity contribution is -0.160. The number of esters is 2. The Hall–Kier alpha value is -5.06. The average molecular weight is 708 g/mol. The molecule has 2 aliphatic rings. The van der Waals surface area contributed by atoms with Crippen LogP contribution in [0, 0.1) is 0 Å². The number of ether oxygens (including phenoxy) is 2. The summed E-state index contributed by atoms with van der Waals surface area (Å²) in [5, 5.41) is 19.9. The van der Waals surface area contributed by atoms with E-state index >= 15 is 0 Å². The van der Waals surface area contributed by atoms with Crippen LogP contribution in [0.5, 0.6) is 0 Å². The quantitative estimate of drug-likeness (QED) is 0.0780. The van der Waals surface area contributed by atoms with Gasteiger partial charge in [0.15, 0.2) is 16.9 Å². The van der Waals surface area contributed by atoms with Crippen molar-refractivity contribution in [1.82, 2.24) is 15.2 Å². The van der Waals surface area contributed by atoms with Gasteiger partial charge in [0.2, 0.25) is 13.0 Å². The van der Waals surface area contributed by atoms with Crippen molar-refractivity contribution in [2.24, 2.45) is 5.16 Å². The molecule has 1 fully saturated rings. The van der Waals surface area contributed by atoms with Crippen LogP contribution in [0.3, 0.4) is 0 Å². The third kappa shape index (κ3) is 8.33. The first-order chi connectivity index (χ1) is 23.5. The number of aromatic nitrogens is 1. The van der Waals surface area contributed by atoms with Crippen LogP contribution < -0.4 is 10.6 Å². The fourth-order valence-corrected chi connectivity index (χ4v) is 6.96. The Morgan fingerprint density at radius 2 is 1.76 bits per heavy atom. The highest BCUT2D eigenvalue weighted by atomic mass is 32.2. The summed E-state index contributed by atoms with van der Waals surface area (Å²) in [5.74, 6) is -2.82. The zero-order valence-electron chi connectivity index (χ0n) is 26.7. The highest BCUT2D eigenvalue weighted by molar-refractivity contribution is 8.00. The second-order valence-corrected chi connectivity index (χ2v) is 13.6. The van der Waals surface area contributed by atoms with E-state index in [1.54, 1.807) is 20.8 Å². The number of hydrogen-bond acceptors (Lipinski definition) is 13. The number of hydrogen-bond donors (Lipinski definition) is 3. The van der Waals surface area contributed by atoms with Crippen LogP contribution in [0.2, 0.25) is 0 Å². The van der Waals surface area contributed by atoms with E-state index in [1.807, 2.05) is 60.7 Å². The number of anilines is 1. The van der Waals surface area contributed by atoms with E-state index in [2.05, 4.69) is 20.8 Å². The summed E-state index contributed by atoms with van der Waals surface area (Å²) in [6, 6.07) is 17.2. The van der Waals surface area contributed by atoms with Crippen molar-refractivity contribution in [2.45, 2.75) is 43.9 Å². The molecule has 0 spiro atoms. The van der Waals surface area contributed by atoms with E-state index in [0.717, 1.165) is 11.3 Å². The zero-order valence-corrected chi connectivity index (χ0v) is 28.3. The van der Waals surface area contributed by atoms with Gasteiger partial charge in [0.25, 0.3) is 11.8 Å². The summed E-state index contributed by atoms with van der Waals surface area (Å²) >= 11 is 2.26. The molecule has 1 saturated heterocycles. The predicted molar refractivity (Wildman–Crippen MR) is 180 cm³/mol. The summed E-state index contributed by atoms with van der Waals surface area (Å²) < 4.78 is 11.2. The Kier molecular flexibility index (Phi) is 11.1. The molecule has 0 saturated carbocycles. The van der Waals surface area contributed by atoms with Gasteiger partial charge >= 0.3 is 11.9 Å². The Morgan fingerprint density at radius 1 is 1.10 bits per heavy atom. The average Bonchev–Trinajstić information content (AvgIpc) is 3.55. The van der Waals surface area contributed by atoms with Crippen LogP contribution in [0.4, 0.5) is 5.13 Å². The van der Waals surface area contributed by atoms with Gasteiger partial charge in [-0.05, 0) is 37.5 Å². The van der Waals surface area contributed by atoms with Crippen molar-refractivity contribution in [2.75, 3.05) is 24.3 Å². The highest BCUT2D eigenvalue weighted by Gasteiger charge is 2.55. The van der Waals surface area contributed by atoms with Gasteiger partial charge in [-0.15, -0.1) is 23.1 Å². The SMILES string of the molecule is CC(C)(C)OC(=O)CON=C(C(=O)NC1C(=O)N2C(C(=O)OC(c3ccccc3)c3ccccc3)=C(CO)CS[C@@H]12)c1csc(NC=O)n1. The number of aliphatic hydroxyl groups is 1. The summed E-state index contributed by atoms with van der Waals surface area (Å²) in [7, 11) is 0. The molecule has 49 heavy (non-hydrogen) atoms. The lowest BCUT2D eigenvalue weighted by atomic mass is 10.0. The summed E-state index contributed by atoms with van der Waals surface area (Å²) in [6.07, 6.45) is -0.377. The molecule has 3 N–H and O–H groups in total. The molecule has 2 aliphatic heterocycles. The molecule has 0 bridgehead atoms. The van der Waals surface area contributed by atoms with Gasteiger partial charge < -0.3 is 30.1 Å². The van der Waals surface area contributed by atoms with Crippen molar-refractivity contribution in [1.29, 1.82) is 0 Å². The number of amides is 3. The number of thiazole rings is 1. The van der Waals surface area contributed by atoms with Crippen molar-refractivity contribution < 1.29 is 43.4 Å². The molecule has 2 atom stereocenters. The van der Waals surface area contributed by atoms with Crippen molar-refractivity contribution >= 4 is 64.1 Å². The summed E-state index contributed by atoms with van der Waals surface area (Å²) in [6.45, 7) is 3.95. The maximum atomic E-state index is 13.8. The Labute approximate surface area is 289 Å². The van der Waals surface area contributed by atoms with Gasteiger partial charge in [-0.3, -0.25) is 19.3 Å². The predicted octanol–water partition coefficient (Wildman–Crippen LogP) is 2.75. The lowest BCUT2D eigenvalue weighted by Crippen LogP contribution is -2.71. The number of thioether (sulfide) groups is 1. The van der Waals surface area contributed by atoms with Crippen LogP contribution in [0.15, 0.2) is 82.5 Å². The molecule has 256 valence electrons. The number of rotatable bonds is 13. The molecule has 2 aromatic carbocycles. The van der Waals surface area contributed by atoms with E-state index in [9.17, 15) is 29.1 Å². The topological polar surface area (TPSA) is 186 Å². The third-order valence-electron chi connectivity index (χ3n) is 7.05. The zero-order chi connectivity index (χ0) is 35.1. The number of carbonyl (C=O) groups is 5. The smallest absolute Gasteiger partial charge is 0.356 e. The number of nitrogens with zero attached hydrogens (tertiary/aromatic N) is 3. The largest absolute Gasteiger partial charge is 0.457 e. The summed E-state index contributed by atoms with van der Waals surface area (Å²) in [4.78, 5) is 74.5. The normalized spacial score (nSPS) is 17.5. The van der Waals surface area contributed by atoms with Gasteiger partial charge in [0, 0.05) is 11.1 Å². The molecule has 3 amide bonds. The highest BCUT2D eigenvalue weighted by Crippen LogP contribution is 2.41. The minimum Gasteiger partial charge on any atom is -0.457 e. The monoisotopic (exact) mass is 707 g/mol. The Morgan fingerprint density at radius 3 is 2.35 bits per heavy atom. The second kappa shape index (κ2) is 15.4. The van der Waals surface area contributed by atoms with Crippen LogP contribution in [-0.4, -0.2) is 86.8 Å². The maximum absolute atomic E-state index is 13.8. The van der Waals surface area contributed by atoms with E-state index < -0.39 is 60.1 Å². The maximum Gasteiger partial charge on any atom is 0.356 e. The molecule has 3 aromatic rings. The minimum atomic E-state index is -1.10. The first-order valence-electron chi connectivity index (χ1n) is 15.0. The number of aliphatic hydroxyl groups excluding tert-OH is 1. The molecule has 1 aromatic heterocycles. The van der Waals surface area contributed by atoms with Crippen LogP contribution in [-0.2, 0) is 38.3 Å². The molecule has 16 heteroatoms. The van der Waals surface area contributed by atoms with Crippen LogP contribution in [0.1, 0.15) is 43.7 Å². The Balaban J connectivity index is 1.34. The lowest BCUT2D eigenvalue weighted by Gasteiger charge is -2.49. The van der Waals surface area contributed by atoms with Gasteiger partial charge in [0.1, 0.15) is 28.4 Å². The molecule has 0 radical (unpaired) electrons. The summed E-state index contributed by atoms with van der Waals surface area (Å²) in [5.41, 5.74) is 0.509. The molecule has 0 aliphatic carbocycles. The molecule has 5 rings (SSSR count). The van der Waals surface area contributed by atoms with Crippen LogP contribution >= 0.6 is 23.1 Å². The van der Waals surface area contributed by atoms with Gasteiger partial charge in [-0.25, -0.2) is 14.6 Å². The number of β-lactam (4-membered cyclic amide) rings is 1. The fourth-order valence-electron chi connectivity index (χ4n) is 4.97. The number of nitrogens with one attached hydrogen (secondary N) is 2. The standard InChI is InChI=1S/C33H33N5O9S2/c1-33(2,3)47-23(41)15-45-37-24(22-17-49-32(35-22)34-18-40)28(42)36-25-29(43)38-26(21(14-39)16-48-30(25)38)31(44)46-27(19-10-6-4-7-11-19)20-12-8-5-9-13-20/h4-13,17-18,25,27,30,39H,14-16H2,1-3H3,(H,36,42)(H,34,35,40)/t25?,30-/m0/s1. The first kappa shape index (κ1) is 35.3. The molecule has 1 unspecified atom stereocenters. The van der Waals surface area contributed by atoms with E-state index in [4.69, 9.17) is 14.3 Å². The van der Waals surface area contributed by atoms with E-state index in [0.29, 0.717) is 23.1 Å². The number of benzene rings is 2.